The van der Waals surface area contributed by atoms with E-state index in [9.17, 15) is 10.1 Å². The molecule has 0 fully saturated rings. The number of carbonyl (C=O) groups is 1. The number of amides is 1. The minimum absolute atomic E-state index is 0.0620. The highest BCUT2D eigenvalue weighted by Gasteiger charge is 2.15. The lowest BCUT2D eigenvalue weighted by atomic mass is 10.0. The van der Waals surface area contributed by atoms with Gasteiger partial charge in [-0.2, -0.15) is 5.26 Å². The van der Waals surface area contributed by atoms with Gasteiger partial charge < -0.3 is 5.32 Å². The van der Waals surface area contributed by atoms with Crippen LogP contribution < -0.4 is 5.32 Å². The van der Waals surface area contributed by atoms with Crippen molar-refractivity contribution in [3.63, 3.8) is 0 Å². The normalized spacial score (nSPS) is 11.6. The lowest BCUT2D eigenvalue weighted by molar-refractivity contribution is -0.119. The van der Waals surface area contributed by atoms with Gasteiger partial charge >= 0.3 is 0 Å². The Morgan fingerprint density at radius 3 is 2.64 bits per heavy atom. The minimum atomic E-state index is -0.0864. The Bertz CT molecular complexity index is 800. The molecule has 0 bridgehead atoms. The number of thioether (sulfide) groups is 1. The molecule has 1 unspecified atom stereocenters. The van der Waals surface area contributed by atoms with Crippen LogP contribution in [0.25, 0.3) is 0 Å². The van der Waals surface area contributed by atoms with Gasteiger partial charge in [-0.05, 0) is 49.6 Å². The van der Waals surface area contributed by atoms with E-state index >= 15 is 0 Å². The van der Waals surface area contributed by atoms with Crippen molar-refractivity contribution in [3.8, 4) is 6.07 Å². The van der Waals surface area contributed by atoms with Crippen molar-refractivity contribution in [1.29, 1.82) is 5.26 Å². The van der Waals surface area contributed by atoms with E-state index < -0.39 is 0 Å². The molecule has 0 saturated carbocycles. The van der Waals surface area contributed by atoms with E-state index in [4.69, 9.17) is 11.6 Å². The molecule has 130 valence electrons. The van der Waals surface area contributed by atoms with E-state index in [1.54, 1.807) is 0 Å². The van der Waals surface area contributed by atoms with Crippen molar-refractivity contribution in [3.05, 3.63) is 57.7 Å². The molecule has 6 heteroatoms. The van der Waals surface area contributed by atoms with Crippen LogP contribution >= 0.6 is 23.4 Å². The largest absolute Gasteiger partial charge is 0.349 e. The van der Waals surface area contributed by atoms with Crippen LogP contribution in [-0.2, 0) is 4.79 Å². The van der Waals surface area contributed by atoms with Crippen molar-refractivity contribution >= 4 is 29.3 Å². The van der Waals surface area contributed by atoms with Gasteiger partial charge in [0.05, 0.1) is 17.4 Å². The molecule has 1 amide bonds. The minimum Gasteiger partial charge on any atom is -0.349 e. The number of aryl methyl sites for hydroxylation is 2. The zero-order chi connectivity index (χ0) is 18.4. The molecule has 0 saturated heterocycles. The van der Waals surface area contributed by atoms with Gasteiger partial charge in [0.15, 0.2) is 0 Å². The predicted molar refractivity (Wildman–Crippen MR) is 102 cm³/mol. The van der Waals surface area contributed by atoms with E-state index in [1.165, 1.54) is 11.8 Å². The van der Waals surface area contributed by atoms with Crippen LogP contribution in [0.2, 0.25) is 5.02 Å². The van der Waals surface area contributed by atoms with Gasteiger partial charge in [-0.25, -0.2) is 4.98 Å². The Hall–Kier alpha value is -2.03. The first-order chi connectivity index (χ1) is 11.9. The van der Waals surface area contributed by atoms with E-state index in [0.29, 0.717) is 15.6 Å². The maximum absolute atomic E-state index is 12.3. The topological polar surface area (TPSA) is 65.8 Å². The summed E-state index contributed by atoms with van der Waals surface area (Å²) in [6.45, 7) is 5.78. The summed E-state index contributed by atoms with van der Waals surface area (Å²) in [6.07, 6.45) is 0.781. The number of hydrogen-bond acceptors (Lipinski definition) is 4. The van der Waals surface area contributed by atoms with Crippen LogP contribution in [-0.4, -0.2) is 16.6 Å². The summed E-state index contributed by atoms with van der Waals surface area (Å²) in [4.78, 5) is 16.7. The summed E-state index contributed by atoms with van der Waals surface area (Å²) < 4.78 is 0. The molecule has 0 aliphatic carbocycles. The average Bonchev–Trinajstić information content (AvgIpc) is 2.58. The summed E-state index contributed by atoms with van der Waals surface area (Å²) in [5.41, 5.74) is 3.28. The quantitative estimate of drug-likeness (QED) is 0.752. The first-order valence-electron chi connectivity index (χ1n) is 8.00. The summed E-state index contributed by atoms with van der Waals surface area (Å²) in [5, 5.41) is 13.6. The third kappa shape index (κ3) is 5.22. The smallest absolute Gasteiger partial charge is 0.230 e. The number of nitrogens with zero attached hydrogens (tertiary/aromatic N) is 2. The second-order valence-corrected chi connectivity index (χ2v) is 7.14. The number of carbonyl (C=O) groups excluding carboxylic acids is 1. The molecular formula is C19H20ClN3OS. The van der Waals surface area contributed by atoms with Gasteiger partial charge in [-0.1, -0.05) is 42.4 Å². The average molecular weight is 374 g/mol. The number of pyridine rings is 1. The molecule has 0 aliphatic rings. The monoisotopic (exact) mass is 373 g/mol. The Labute approximate surface area is 157 Å². The van der Waals surface area contributed by atoms with Crippen molar-refractivity contribution in [1.82, 2.24) is 10.3 Å². The second-order valence-electron chi connectivity index (χ2n) is 5.74. The molecule has 2 aromatic rings. The van der Waals surface area contributed by atoms with E-state index in [1.807, 2.05) is 51.1 Å². The number of aromatic nitrogens is 1. The lowest BCUT2D eigenvalue weighted by Crippen LogP contribution is -2.29. The molecule has 1 N–H and O–H groups in total. The molecule has 25 heavy (non-hydrogen) atoms. The number of halogens is 1. The van der Waals surface area contributed by atoms with Crippen molar-refractivity contribution < 1.29 is 4.79 Å². The number of nitrogens with one attached hydrogen (secondary N) is 1. The van der Waals surface area contributed by atoms with Crippen molar-refractivity contribution in [2.75, 3.05) is 5.75 Å². The third-order valence-electron chi connectivity index (χ3n) is 3.78. The molecule has 0 aliphatic heterocycles. The van der Waals surface area contributed by atoms with Gasteiger partial charge in [-0.3, -0.25) is 4.79 Å². The van der Waals surface area contributed by atoms with Crippen molar-refractivity contribution in [2.45, 2.75) is 38.3 Å². The maximum Gasteiger partial charge on any atom is 0.230 e. The molecule has 1 heterocycles. The first-order valence-corrected chi connectivity index (χ1v) is 9.37. The van der Waals surface area contributed by atoms with E-state index in [2.05, 4.69) is 16.4 Å². The fraction of sp³-hybridized carbons (Fsp3) is 0.316. The Morgan fingerprint density at radius 1 is 1.36 bits per heavy atom. The molecule has 1 aromatic carbocycles. The highest BCUT2D eigenvalue weighted by atomic mass is 35.5. The van der Waals surface area contributed by atoms with Gasteiger partial charge in [-0.15, -0.1) is 0 Å². The molecule has 2 rings (SSSR count). The summed E-state index contributed by atoms with van der Waals surface area (Å²) in [7, 11) is 0. The van der Waals surface area contributed by atoms with E-state index in [0.717, 1.165) is 23.2 Å². The maximum atomic E-state index is 12.3. The number of hydrogen-bond donors (Lipinski definition) is 1. The van der Waals surface area contributed by atoms with Crippen LogP contribution in [0, 0.1) is 25.2 Å². The van der Waals surface area contributed by atoms with Crippen LogP contribution in [0.3, 0.4) is 0 Å². The first kappa shape index (κ1) is 19.3. The summed E-state index contributed by atoms with van der Waals surface area (Å²) in [6, 6.07) is 11.5. The molecule has 0 radical (unpaired) electrons. The summed E-state index contributed by atoms with van der Waals surface area (Å²) >= 11 is 7.20. The highest BCUT2D eigenvalue weighted by molar-refractivity contribution is 8.00. The Balaban J connectivity index is 2.03. The Kier molecular flexibility index (Phi) is 6.86. The molecule has 1 aromatic heterocycles. The second kappa shape index (κ2) is 8.89. The SMILES string of the molecule is CCC(NC(=O)CSc1nc(C)cc(C)c1C#N)c1ccc(Cl)cc1. The van der Waals surface area contributed by atoms with E-state index in [-0.39, 0.29) is 17.7 Å². The van der Waals surface area contributed by atoms with Crippen LogP contribution in [0.1, 0.15) is 41.8 Å². The summed E-state index contributed by atoms with van der Waals surface area (Å²) in [5.74, 6) is 0.130. The molecule has 0 spiro atoms. The standard InChI is InChI=1S/C19H20ClN3OS/c1-4-17(14-5-7-15(20)8-6-14)23-18(24)11-25-19-16(10-21)12(2)9-13(3)22-19/h5-9,17H,4,11H2,1-3H3,(H,23,24). The van der Waals surface area contributed by atoms with Crippen LogP contribution in [0.4, 0.5) is 0 Å². The molecule has 4 nitrogen and oxygen atoms in total. The van der Waals surface area contributed by atoms with Crippen molar-refractivity contribution in [2.24, 2.45) is 0 Å². The van der Waals surface area contributed by atoms with Gasteiger partial charge in [0.25, 0.3) is 0 Å². The third-order valence-corrected chi connectivity index (χ3v) is 5.01. The lowest BCUT2D eigenvalue weighted by Gasteiger charge is -2.17. The zero-order valence-electron chi connectivity index (χ0n) is 14.5. The Morgan fingerprint density at radius 2 is 2.04 bits per heavy atom. The fourth-order valence-electron chi connectivity index (χ4n) is 2.53. The van der Waals surface area contributed by atoms with Crippen LogP contribution in [0.5, 0.6) is 0 Å². The van der Waals surface area contributed by atoms with Gasteiger partial charge in [0.2, 0.25) is 5.91 Å². The number of nitriles is 1. The predicted octanol–water partition coefficient (Wildman–Crippen LogP) is 4.58. The van der Waals surface area contributed by atoms with Crippen LogP contribution in [0.15, 0.2) is 35.4 Å². The number of benzene rings is 1. The van der Waals surface area contributed by atoms with Gasteiger partial charge in [0, 0.05) is 10.7 Å². The fourth-order valence-corrected chi connectivity index (χ4v) is 3.57. The number of rotatable bonds is 6. The molecule has 1 atom stereocenters. The molecular weight excluding hydrogens is 354 g/mol. The van der Waals surface area contributed by atoms with Gasteiger partial charge in [0.1, 0.15) is 11.1 Å². The highest BCUT2D eigenvalue weighted by Crippen LogP contribution is 2.24. The zero-order valence-corrected chi connectivity index (χ0v) is 16.0.